The molecule has 0 fully saturated rings. The third-order valence-electron chi connectivity index (χ3n) is 9.14. The lowest BCUT2D eigenvalue weighted by Gasteiger charge is -2.22. The van der Waals surface area contributed by atoms with E-state index in [9.17, 15) is 0 Å². The van der Waals surface area contributed by atoms with E-state index in [0.717, 1.165) is 24.7 Å². The summed E-state index contributed by atoms with van der Waals surface area (Å²) in [6.45, 7) is 14.8. The van der Waals surface area contributed by atoms with Gasteiger partial charge in [-0.05, 0) is 65.3 Å². The molecular weight excluding hydrogens is 492 g/mol. The SMILES string of the molecule is CCCCCC(CC)CCc1c2ccccc2c(OCC(CC)CCCCC)c2ccc(C(C)CC)cc12.S. The van der Waals surface area contributed by atoms with E-state index in [4.69, 9.17) is 4.74 Å². The van der Waals surface area contributed by atoms with Crippen molar-refractivity contribution in [2.75, 3.05) is 6.61 Å². The van der Waals surface area contributed by atoms with Crippen LogP contribution in [-0.4, -0.2) is 6.61 Å². The molecule has 3 aromatic carbocycles. The van der Waals surface area contributed by atoms with Crippen LogP contribution in [0.1, 0.15) is 136 Å². The quantitative estimate of drug-likeness (QED) is 0.113. The Hall–Kier alpha value is -1.67. The summed E-state index contributed by atoms with van der Waals surface area (Å²) in [5.41, 5.74) is 3.00. The Bertz CT molecular complexity index is 1100. The van der Waals surface area contributed by atoms with Gasteiger partial charge in [-0.15, -0.1) is 0 Å². The Balaban J connectivity index is 0.00000533. The molecule has 0 aliphatic carbocycles. The largest absolute Gasteiger partial charge is 0.492 e. The van der Waals surface area contributed by atoms with Crippen LogP contribution in [0.15, 0.2) is 42.5 Å². The first-order valence-electron chi connectivity index (χ1n) is 16.2. The molecule has 3 rings (SSSR count). The van der Waals surface area contributed by atoms with Gasteiger partial charge in [0, 0.05) is 10.8 Å². The lowest BCUT2D eigenvalue weighted by molar-refractivity contribution is 0.237. The topological polar surface area (TPSA) is 9.23 Å². The molecule has 0 aliphatic heterocycles. The number of fused-ring (bicyclic) bond motifs is 2. The molecule has 0 aromatic heterocycles. The predicted molar refractivity (Wildman–Crippen MR) is 180 cm³/mol. The van der Waals surface area contributed by atoms with Gasteiger partial charge in [0.05, 0.1) is 6.61 Å². The first-order chi connectivity index (χ1) is 18.6. The van der Waals surface area contributed by atoms with Crippen LogP contribution < -0.4 is 4.74 Å². The minimum atomic E-state index is 0. The number of benzene rings is 3. The van der Waals surface area contributed by atoms with E-state index in [2.05, 4.69) is 84.0 Å². The zero-order chi connectivity index (χ0) is 27.3. The fourth-order valence-corrected chi connectivity index (χ4v) is 6.08. The van der Waals surface area contributed by atoms with Crippen LogP contribution in [0.25, 0.3) is 21.5 Å². The van der Waals surface area contributed by atoms with Crippen molar-refractivity contribution in [3.05, 3.63) is 53.6 Å². The number of rotatable bonds is 18. The van der Waals surface area contributed by atoms with Crippen molar-refractivity contribution in [2.24, 2.45) is 11.8 Å². The van der Waals surface area contributed by atoms with Crippen molar-refractivity contribution in [3.63, 3.8) is 0 Å². The van der Waals surface area contributed by atoms with Crippen LogP contribution in [0, 0.1) is 11.8 Å². The normalized spacial score (nSPS) is 13.8. The molecule has 0 heterocycles. The van der Waals surface area contributed by atoms with Gasteiger partial charge in [0.25, 0.3) is 0 Å². The highest BCUT2D eigenvalue weighted by atomic mass is 32.1. The molecule has 0 amide bonds. The van der Waals surface area contributed by atoms with Gasteiger partial charge in [-0.2, -0.15) is 13.5 Å². The smallest absolute Gasteiger partial charge is 0.134 e. The van der Waals surface area contributed by atoms with E-state index in [1.54, 1.807) is 0 Å². The van der Waals surface area contributed by atoms with Crippen molar-refractivity contribution in [1.29, 1.82) is 0 Å². The van der Waals surface area contributed by atoms with Crippen molar-refractivity contribution < 1.29 is 4.74 Å². The lowest BCUT2D eigenvalue weighted by atomic mass is 9.86. The van der Waals surface area contributed by atoms with Crippen LogP contribution in [-0.2, 0) is 6.42 Å². The Labute approximate surface area is 247 Å². The molecule has 0 aliphatic rings. The second-order valence-corrected chi connectivity index (χ2v) is 11.9. The second-order valence-electron chi connectivity index (χ2n) is 11.9. The first-order valence-corrected chi connectivity index (χ1v) is 16.2. The molecule has 0 N–H and O–H groups in total. The molecule has 0 spiro atoms. The molecule has 0 bridgehead atoms. The Kier molecular flexibility index (Phi) is 15.4. The summed E-state index contributed by atoms with van der Waals surface area (Å²) in [4.78, 5) is 0. The summed E-state index contributed by atoms with van der Waals surface area (Å²) in [5, 5.41) is 5.44. The van der Waals surface area contributed by atoms with Gasteiger partial charge in [0.1, 0.15) is 5.75 Å². The van der Waals surface area contributed by atoms with Gasteiger partial charge < -0.3 is 4.74 Å². The van der Waals surface area contributed by atoms with Crippen molar-refractivity contribution in [2.45, 2.75) is 131 Å². The summed E-state index contributed by atoms with van der Waals surface area (Å²) in [7, 11) is 0. The number of aryl methyl sites for hydroxylation is 1. The zero-order valence-corrected chi connectivity index (χ0v) is 27.1. The predicted octanol–water partition coefficient (Wildman–Crippen LogP) is 12.1. The summed E-state index contributed by atoms with van der Waals surface area (Å²) in [5.74, 6) is 3.13. The molecular formula is C37H58OS. The lowest BCUT2D eigenvalue weighted by Crippen LogP contribution is -2.12. The first kappa shape index (κ1) is 33.5. The highest BCUT2D eigenvalue weighted by Gasteiger charge is 2.19. The molecule has 2 heteroatoms. The van der Waals surface area contributed by atoms with E-state index in [0.29, 0.717) is 11.8 Å². The average molecular weight is 551 g/mol. The van der Waals surface area contributed by atoms with Gasteiger partial charge in [0.15, 0.2) is 0 Å². The second kappa shape index (κ2) is 17.9. The van der Waals surface area contributed by atoms with Gasteiger partial charge in [-0.1, -0.05) is 142 Å². The highest BCUT2D eigenvalue weighted by Crippen LogP contribution is 2.41. The fraction of sp³-hybridized carbons (Fsp3) is 0.622. The summed E-state index contributed by atoms with van der Waals surface area (Å²) >= 11 is 0. The van der Waals surface area contributed by atoms with Crippen molar-refractivity contribution in [3.8, 4) is 5.75 Å². The molecule has 3 atom stereocenters. The van der Waals surface area contributed by atoms with Crippen LogP contribution in [0.3, 0.4) is 0 Å². The Morgan fingerprint density at radius 3 is 1.87 bits per heavy atom. The van der Waals surface area contributed by atoms with Crippen LogP contribution in [0.5, 0.6) is 5.75 Å². The van der Waals surface area contributed by atoms with Crippen LogP contribution >= 0.6 is 13.5 Å². The minimum absolute atomic E-state index is 0. The van der Waals surface area contributed by atoms with Crippen LogP contribution in [0.4, 0.5) is 0 Å². The van der Waals surface area contributed by atoms with E-state index < -0.39 is 0 Å². The van der Waals surface area contributed by atoms with Gasteiger partial charge in [-0.25, -0.2) is 0 Å². The molecule has 0 saturated carbocycles. The molecule has 3 aromatic rings. The molecule has 0 saturated heterocycles. The van der Waals surface area contributed by atoms with E-state index in [-0.39, 0.29) is 13.5 Å². The average Bonchev–Trinajstić information content (AvgIpc) is 2.96. The fourth-order valence-electron chi connectivity index (χ4n) is 6.08. The molecule has 218 valence electrons. The Morgan fingerprint density at radius 1 is 0.641 bits per heavy atom. The number of hydrogen-bond donors (Lipinski definition) is 0. The van der Waals surface area contributed by atoms with Gasteiger partial charge in [0.2, 0.25) is 0 Å². The molecule has 0 radical (unpaired) electrons. The number of hydrogen-bond acceptors (Lipinski definition) is 1. The molecule has 1 nitrogen and oxygen atoms in total. The highest BCUT2D eigenvalue weighted by molar-refractivity contribution is 7.59. The van der Waals surface area contributed by atoms with Crippen molar-refractivity contribution in [1.82, 2.24) is 0 Å². The van der Waals surface area contributed by atoms with Crippen molar-refractivity contribution >= 4 is 35.0 Å². The zero-order valence-electron chi connectivity index (χ0n) is 26.1. The summed E-state index contributed by atoms with van der Waals surface area (Å²) in [6.07, 6.45) is 16.7. The molecule has 39 heavy (non-hydrogen) atoms. The molecule has 3 unspecified atom stereocenters. The minimum Gasteiger partial charge on any atom is -0.492 e. The third-order valence-corrected chi connectivity index (χ3v) is 9.14. The Morgan fingerprint density at radius 2 is 1.26 bits per heavy atom. The third kappa shape index (κ3) is 9.17. The monoisotopic (exact) mass is 550 g/mol. The summed E-state index contributed by atoms with van der Waals surface area (Å²) in [6, 6.07) is 16.3. The maximum Gasteiger partial charge on any atom is 0.134 e. The summed E-state index contributed by atoms with van der Waals surface area (Å²) < 4.78 is 6.81. The van der Waals surface area contributed by atoms with E-state index >= 15 is 0 Å². The number of unbranched alkanes of at least 4 members (excludes halogenated alkanes) is 4. The van der Waals surface area contributed by atoms with Crippen LogP contribution in [0.2, 0.25) is 0 Å². The maximum atomic E-state index is 6.81. The maximum absolute atomic E-state index is 6.81. The standard InChI is InChI=1S/C37H56O.H2S/c1-7-12-14-18-29(10-4)22-24-33-32-20-16-17-21-34(32)37(38-27-30(11-5)19-15-13-8-2)35-25-23-31(26-36(33)35)28(6)9-3;/h16-17,20-21,23,25-26,28-30H,7-15,18-19,22,24,27H2,1-6H3;1H2. The van der Waals surface area contributed by atoms with Gasteiger partial charge in [-0.3, -0.25) is 0 Å². The van der Waals surface area contributed by atoms with Gasteiger partial charge >= 0.3 is 0 Å². The number of ether oxygens (including phenoxy) is 1. The van der Waals surface area contributed by atoms with E-state index in [1.807, 2.05) is 0 Å². The van der Waals surface area contributed by atoms with E-state index in [1.165, 1.54) is 110 Å².